The number of rotatable bonds is 6. The van der Waals surface area contributed by atoms with Crippen LogP contribution in [0.25, 0.3) is 0 Å². The van der Waals surface area contributed by atoms with Gasteiger partial charge in [-0.1, -0.05) is 31.2 Å². The summed E-state index contributed by atoms with van der Waals surface area (Å²) in [5.41, 5.74) is 1.98. The second-order valence-electron chi connectivity index (χ2n) is 6.07. The van der Waals surface area contributed by atoms with E-state index >= 15 is 0 Å². The van der Waals surface area contributed by atoms with Crippen molar-refractivity contribution in [1.82, 2.24) is 15.1 Å². The van der Waals surface area contributed by atoms with Crippen molar-refractivity contribution in [1.29, 1.82) is 0 Å². The lowest BCUT2D eigenvalue weighted by molar-refractivity contribution is -0.160. The van der Waals surface area contributed by atoms with Gasteiger partial charge in [0.2, 0.25) is 0 Å². The van der Waals surface area contributed by atoms with E-state index < -0.39 is 18.9 Å². The van der Waals surface area contributed by atoms with Gasteiger partial charge in [0.15, 0.2) is 6.61 Å². The monoisotopic (exact) mass is 359 g/mol. The molecule has 0 radical (unpaired) electrons. The van der Waals surface area contributed by atoms with Gasteiger partial charge in [0.25, 0.3) is 0 Å². The second kappa shape index (κ2) is 9.05. The third-order valence-electron chi connectivity index (χ3n) is 4.15. The number of piperazine rings is 1. The Balaban J connectivity index is 1.72. The van der Waals surface area contributed by atoms with Crippen LogP contribution in [-0.2, 0) is 17.8 Å². The molecule has 1 amide bonds. The van der Waals surface area contributed by atoms with Gasteiger partial charge in [-0.2, -0.15) is 13.2 Å². The van der Waals surface area contributed by atoms with Gasteiger partial charge in [0.1, 0.15) is 0 Å². The smallest absolute Gasteiger partial charge is 0.422 e. The van der Waals surface area contributed by atoms with E-state index in [0.717, 1.165) is 44.8 Å². The third-order valence-corrected chi connectivity index (χ3v) is 4.15. The van der Waals surface area contributed by atoms with E-state index in [2.05, 4.69) is 26.8 Å². The minimum atomic E-state index is -4.51. The zero-order chi connectivity index (χ0) is 18.3. The van der Waals surface area contributed by atoms with Crippen LogP contribution in [0, 0.1) is 0 Å². The molecule has 0 unspecified atom stereocenters. The highest BCUT2D eigenvalue weighted by Crippen LogP contribution is 2.14. The number of hydrogen-bond acceptors (Lipinski definition) is 4. The zero-order valence-electron chi connectivity index (χ0n) is 14.3. The first-order valence-electron chi connectivity index (χ1n) is 8.35. The molecule has 140 valence electrons. The van der Waals surface area contributed by atoms with E-state index in [0.29, 0.717) is 0 Å². The van der Waals surface area contributed by atoms with E-state index in [1.54, 1.807) is 0 Å². The summed E-state index contributed by atoms with van der Waals surface area (Å²) in [6, 6.07) is 7.68. The molecule has 1 aromatic carbocycles. The lowest BCUT2D eigenvalue weighted by Crippen LogP contribution is -2.45. The van der Waals surface area contributed by atoms with Gasteiger partial charge in [0, 0.05) is 39.3 Å². The van der Waals surface area contributed by atoms with Crippen LogP contribution in [0.3, 0.4) is 0 Å². The van der Waals surface area contributed by atoms with Gasteiger partial charge in [-0.3, -0.25) is 4.90 Å². The molecule has 0 atom stereocenters. The zero-order valence-corrected chi connectivity index (χ0v) is 14.3. The van der Waals surface area contributed by atoms with Crippen LogP contribution in [0.1, 0.15) is 18.1 Å². The fourth-order valence-corrected chi connectivity index (χ4v) is 2.66. The molecule has 1 N–H and O–H groups in total. The average molecular weight is 359 g/mol. The minimum Gasteiger partial charge on any atom is -0.440 e. The van der Waals surface area contributed by atoms with Crippen molar-refractivity contribution in [2.45, 2.75) is 26.2 Å². The Labute approximate surface area is 145 Å². The lowest BCUT2D eigenvalue weighted by Gasteiger charge is -2.34. The summed E-state index contributed by atoms with van der Waals surface area (Å²) in [6.45, 7) is 6.93. The van der Waals surface area contributed by atoms with Crippen LogP contribution in [0.4, 0.5) is 18.0 Å². The summed E-state index contributed by atoms with van der Waals surface area (Å²) in [5.74, 6) is 0. The quantitative estimate of drug-likeness (QED) is 0.848. The van der Waals surface area contributed by atoms with Gasteiger partial charge >= 0.3 is 12.3 Å². The van der Waals surface area contributed by atoms with Crippen molar-refractivity contribution in [3.05, 3.63) is 35.4 Å². The fraction of sp³-hybridized carbons (Fsp3) is 0.588. The molecule has 1 heterocycles. The third kappa shape index (κ3) is 7.31. The average Bonchev–Trinajstić information content (AvgIpc) is 2.59. The van der Waals surface area contributed by atoms with Gasteiger partial charge in [-0.15, -0.1) is 0 Å². The van der Waals surface area contributed by atoms with E-state index in [-0.39, 0.29) is 6.54 Å². The SMILES string of the molecule is CCN1CCN(Cc2ccc(CNC(=O)OCC(F)(F)F)cc2)CC1. The molecule has 1 aliphatic heterocycles. The molecule has 25 heavy (non-hydrogen) atoms. The van der Waals surface area contributed by atoms with Crippen molar-refractivity contribution >= 4 is 6.09 Å². The molecule has 1 fully saturated rings. The number of carbonyl (C=O) groups is 1. The first-order chi connectivity index (χ1) is 11.9. The van der Waals surface area contributed by atoms with Crippen LogP contribution in [0.2, 0.25) is 0 Å². The summed E-state index contributed by atoms with van der Waals surface area (Å²) < 4.78 is 39.9. The minimum absolute atomic E-state index is 0.131. The maximum atomic E-state index is 11.9. The van der Waals surface area contributed by atoms with Gasteiger partial charge in [-0.25, -0.2) is 4.79 Å². The number of hydrogen-bond donors (Lipinski definition) is 1. The summed E-state index contributed by atoms with van der Waals surface area (Å²) in [4.78, 5) is 16.0. The molecular formula is C17H24F3N3O2. The Kier molecular flexibility index (Phi) is 7.07. The maximum Gasteiger partial charge on any atom is 0.422 e. The predicted molar refractivity (Wildman–Crippen MR) is 88.1 cm³/mol. The van der Waals surface area contributed by atoms with Crippen molar-refractivity contribution in [2.75, 3.05) is 39.3 Å². The Hall–Kier alpha value is -1.80. The largest absolute Gasteiger partial charge is 0.440 e. The number of benzene rings is 1. The number of carbonyl (C=O) groups excluding carboxylic acids is 1. The summed E-state index contributed by atoms with van der Waals surface area (Å²) in [6.07, 6.45) is -5.59. The Bertz CT molecular complexity index is 541. The number of alkyl halides is 3. The van der Waals surface area contributed by atoms with E-state index in [9.17, 15) is 18.0 Å². The number of alkyl carbamates (subject to hydrolysis) is 1. The van der Waals surface area contributed by atoms with Gasteiger partial charge in [0.05, 0.1) is 0 Å². The molecule has 1 saturated heterocycles. The highest BCUT2D eigenvalue weighted by molar-refractivity contribution is 5.67. The second-order valence-corrected chi connectivity index (χ2v) is 6.07. The number of nitrogens with zero attached hydrogens (tertiary/aromatic N) is 2. The molecule has 0 aliphatic carbocycles. The molecule has 0 saturated carbocycles. The molecule has 0 aromatic heterocycles. The summed E-state index contributed by atoms with van der Waals surface area (Å²) >= 11 is 0. The fourth-order valence-electron chi connectivity index (χ4n) is 2.66. The summed E-state index contributed by atoms with van der Waals surface area (Å²) in [7, 11) is 0. The standard InChI is InChI=1S/C17H24F3N3O2/c1-2-22-7-9-23(10-8-22)12-15-5-3-14(4-6-15)11-21-16(24)25-13-17(18,19)20/h3-6H,2,7-13H2,1H3,(H,21,24). The van der Waals surface area contributed by atoms with E-state index in [4.69, 9.17) is 0 Å². The highest BCUT2D eigenvalue weighted by atomic mass is 19.4. The number of likely N-dealkylation sites (N-methyl/N-ethyl adjacent to an activating group) is 1. The molecule has 1 aliphatic rings. The Morgan fingerprint density at radius 3 is 2.20 bits per heavy atom. The topological polar surface area (TPSA) is 44.8 Å². The van der Waals surface area contributed by atoms with E-state index in [1.807, 2.05) is 24.3 Å². The van der Waals surface area contributed by atoms with Crippen LogP contribution in [-0.4, -0.2) is 61.4 Å². The van der Waals surface area contributed by atoms with Crippen LogP contribution in [0.5, 0.6) is 0 Å². The van der Waals surface area contributed by atoms with Crippen molar-refractivity contribution in [3.63, 3.8) is 0 Å². The Morgan fingerprint density at radius 2 is 1.64 bits per heavy atom. The molecular weight excluding hydrogens is 335 g/mol. The molecule has 1 aromatic rings. The maximum absolute atomic E-state index is 11.9. The number of nitrogens with one attached hydrogen (secondary N) is 1. The van der Waals surface area contributed by atoms with Crippen molar-refractivity contribution in [2.24, 2.45) is 0 Å². The predicted octanol–water partition coefficient (Wildman–Crippen LogP) is 2.61. The van der Waals surface area contributed by atoms with Crippen LogP contribution >= 0.6 is 0 Å². The van der Waals surface area contributed by atoms with Gasteiger partial charge in [-0.05, 0) is 17.7 Å². The highest BCUT2D eigenvalue weighted by Gasteiger charge is 2.29. The van der Waals surface area contributed by atoms with Crippen molar-refractivity contribution in [3.8, 4) is 0 Å². The molecule has 0 bridgehead atoms. The first-order valence-corrected chi connectivity index (χ1v) is 8.35. The molecule has 5 nitrogen and oxygen atoms in total. The summed E-state index contributed by atoms with van der Waals surface area (Å²) in [5, 5.41) is 2.31. The Morgan fingerprint density at radius 1 is 1.08 bits per heavy atom. The molecule has 0 spiro atoms. The first kappa shape index (κ1) is 19.5. The number of halogens is 3. The normalized spacial score (nSPS) is 16.6. The van der Waals surface area contributed by atoms with E-state index in [1.165, 1.54) is 5.56 Å². The van der Waals surface area contributed by atoms with Crippen LogP contribution < -0.4 is 5.32 Å². The lowest BCUT2D eigenvalue weighted by atomic mass is 10.1. The molecule has 2 rings (SSSR count). The van der Waals surface area contributed by atoms with Gasteiger partial charge < -0.3 is 15.0 Å². The number of amides is 1. The van der Waals surface area contributed by atoms with Crippen molar-refractivity contribution < 1.29 is 22.7 Å². The molecule has 8 heteroatoms. The van der Waals surface area contributed by atoms with Crippen LogP contribution in [0.15, 0.2) is 24.3 Å². The number of ether oxygens (including phenoxy) is 1.